The summed E-state index contributed by atoms with van der Waals surface area (Å²) >= 11 is 3.59. The third-order valence-electron chi connectivity index (χ3n) is 3.16. The fourth-order valence-electron chi connectivity index (χ4n) is 2.00. The van der Waals surface area contributed by atoms with Crippen molar-refractivity contribution in [1.82, 2.24) is 9.78 Å². The molecule has 0 saturated carbocycles. The van der Waals surface area contributed by atoms with Gasteiger partial charge in [-0.2, -0.15) is 5.10 Å². The molecule has 0 spiro atoms. The van der Waals surface area contributed by atoms with Crippen LogP contribution in [0, 0.1) is 6.92 Å². The number of halogens is 1. The lowest BCUT2D eigenvalue weighted by Crippen LogP contribution is -2.18. The number of anilines is 1. The summed E-state index contributed by atoms with van der Waals surface area (Å²) in [5, 5.41) is 4.41. The lowest BCUT2D eigenvalue weighted by Gasteiger charge is -2.20. The predicted octanol–water partition coefficient (Wildman–Crippen LogP) is 3.14. The highest BCUT2D eigenvalue weighted by Crippen LogP contribution is 2.24. The molecule has 2 rings (SSSR count). The minimum atomic E-state index is 0.796. The minimum Gasteiger partial charge on any atom is -0.497 e. The van der Waals surface area contributed by atoms with Gasteiger partial charge in [-0.3, -0.25) is 4.68 Å². The second-order valence-corrected chi connectivity index (χ2v) is 5.32. The van der Waals surface area contributed by atoms with Crippen LogP contribution < -0.4 is 9.64 Å². The normalized spacial score (nSPS) is 10.6. The number of benzene rings is 1. The van der Waals surface area contributed by atoms with E-state index in [2.05, 4.69) is 45.1 Å². The molecule has 0 fully saturated rings. The standard InChI is InChI=1S/C14H18BrN3O/c1-10-14(15)13(18(3)16-10)9-17(2)11-5-7-12(19-4)8-6-11/h5-8H,9H2,1-4H3. The van der Waals surface area contributed by atoms with Crippen LogP contribution in [0.1, 0.15) is 11.4 Å². The number of ether oxygens (including phenoxy) is 1. The molecule has 0 bridgehead atoms. The average molecular weight is 324 g/mol. The molecule has 1 aromatic heterocycles. The lowest BCUT2D eigenvalue weighted by atomic mass is 10.2. The quantitative estimate of drug-likeness (QED) is 0.866. The van der Waals surface area contributed by atoms with Crippen molar-refractivity contribution >= 4 is 21.6 Å². The van der Waals surface area contributed by atoms with Gasteiger partial charge < -0.3 is 9.64 Å². The van der Waals surface area contributed by atoms with Gasteiger partial charge in [-0.15, -0.1) is 0 Å². The van der Waals surface area contributed by atoms with E-state index in [1.54, 1.807) is 7.11 Å². The van der Waals surface area contributed by atoms with Crippen LogP contribution in [-0.4, -0.2) is 23.9 Å². The maximum atomic E-state index is 5.17. The largest absolute Gasteiger partial charge is 0.497 e. The first kappa shape index (κ1) is 13.9. The third-order valence-corrected chi connectivity index (χ3v) is 4.19. The van der Waals surface area contributed by atoms with Crippen LogP contribution in [0.2, 0.25) is 0 Å². The SMILES string of the molecule is COc1ccc(N(C)Cc2c(Br)c(C)nn2C)cc1. The summed E-state index contributed by atoms with van der Waals surface area (Å²) in [7, 11) is 5.71. The van der Waals surface area contributed by atoms with Gasteiger partial charge in [-0.05, 0) is 47.1 Å². The topological polar surface area (TPSA) is 30.3 Å². The van der Waals surface area contributed by atoms with Crippen LogP contribution in [0.15, 0.2) is 28.7 Å². The molecular weight excluding hydrogens is 306 g/mol. The van der Waals surface area contributed by atoms with Gasteiger partial charge >= 0.3 is 0 Å². The Morgan fingerprint density at radius 3 is 2.42 bits per heavy atom. The van der Waals surface area contributed by atoms with E-state index in [9.17, 15) is 0 Å². The van der Waals surface area contributed by atoms with E-state index in [0.717, 1.165) is 33.8 Å². The number of aromatic nitrogens is 2. The monoisotopic (exact) mass is 323 g/mol. The van der Waals surface area contributed by atoms with Crippen molar-refractivity contribution in [2.45, 2.75) is 13.5 Å². The first-order valence-electron chi connectivity index (χ1n) is 6.06. The molecule has 5 heteroatoms. The van der Waals surface area contributed by atoms with Crippen molar-refractivity contribution in [3.63, 3.8) is 0 Å². The van der Waals surface area contributed by atoms with E-state index < -0.39 is 0 Å². The van der Waals surface area contributed by atoms with E-state index in [-0.39, 0.29) is 0 Å². The first-order valence-corrected chi connectivity index (χ1v) is 6.85. The molecule has 102 valence electrons. The Balaban J connectivity index is 2.17. The summed E-state index contributed by atoms with van der Waals surface area (Å²) in [6.07, 6.45) is 0. The van der Waals surface area contributed by atoms with E-state index in [1.807, 2.05) is 30.8 Å². The van der Waals surface area contributed by atoms with Crippen LogP contribution in [0.5, 0.6) is 5.75 Å². The zero-order chi connectivity index (χ0) is 14.0. The number of hydrogen-bond donors (Lipinski definition) is 0. The van der Waals surface area contributed by atoms with Gasteiger partial charge in [-0.25, -0.2) is 0 Å². The second-order valence-electron chi connectivity index (χ2n) is 4.52. The summed E-state index contributed by atoms with van der Waals surface area (Å²) in [4.78, 5) is 2.18. The minimum absolute atomic E-state index is 0.796. The van der Waals surface area contributed by atoms with Gasteiger partial charge in [0.05, 0.1) is 29.5 Å². The van der Waals surface area contributed by atoms with E-state index in [4.69, 9.17) is 4.74 Å². The van der Waals surface area contributed by atoms with Crippen LogP contribution in [-0.2, 0) is 13.6 Å². The van der Waals surface area contributed by atoms with Gasteiger partial charge in [0.25, 0.3) is 0 Å². The predicted molar refractivity (Wildman–Crippen MR) is 80.7 cm³/mol. The smallest absolute Gasteiger partial charge is 0.119 e. The molecule has 1 heterocycles. The molecule has 0 N–H and O–H groups in total. The highest BCUT2D eigenvalue weighted by molar-refractivity contribution is 9.10. The molecule has 19 heavy (non-hydrogen) atoms. The number of hydrogen-bond acceptors (Lipinski definition) is 3. The van der Waals surface area contributed by atoms with Crippen molar-refractivity contribution in [3.8, 4) is 5.75 Å². The molecule has 0 amide bonds. The highest BCUT2D eigenvalue weighted by atomic mass is 79.9. The Labute approximate surface area is 122 Å². The fourth-order valence-corrected chi connectivity index (χ4v) is 2.47. The number of nitrogens with zero attached hydrogens (tertiary/aromatic N) is 3. The Morgan fingerprint density at radius 1 is 1.32 bits per heavy atom. The van der Waals surface area contributed by atoms with Gasteiger partial charge in [0.15, 0.2) is 0 Å². The molecule has 0 aliphatic carbocycles. The van der Waals surface area contributed by atoms with Crippen LogP contribution in [0.25, 0.3) is 0 Å². The summed E-state index contributed by atoms with van der Waals surface area (Å²) < 4.78 is 8.16. The molecule has 0 radical (unpaired) electrons. The van der Waals surface area contributed by atoms with Crippen molar-refractivity contribution in [1.29, 1.82) is 0 Å². The summed E-state index contributed by atoms with van der Waals surface area (Å²) in [5.41, 5.74) is 3.32. The van der Waals surface area contributed by atoms with Crippen molar-refractivity contribution in [2.24, 2.45) is 7.05 Å². The number of aryl methyl sites for hydroxylation is 2. The molecule has 0 unspecified atom stereocenters. The van der Waals surface area contributed by atoms with E-state index in [0.29, 0.717) is 0 Å². The van der Waals surface area contributed by atoms with Gasteiger partial charge in [-0.1, -0.05) is 0 Å². The maximum Gasteiger partial charge on any atom is 0.119 e. The lowest BCUT2D eigenvalue weighted by molar-refractivity contribution is 0.415. The van der Waals surface area contributed by atoms with E-state index in [1.165, 1.54) is 0 Å². The first-order chi connectivity index (χ1) is 9.02. The zero-order valence-electron chi connectivity index (χ0n) is 11.6. The fraction of sp³-hybridized carbons (Fsp3) is 0.357. The van der Waals surface area contributed by atoms with E-state index >= 15 is 0 Å². The molecule has 0 saturated heterocycles. The summed E-state index contributed by atoms with van der Waals surface area (Å²) in [6, 6.07) is 8.04. The molecule has 2 aromatic rings. The molecule has 0 atom stereocenters. The van der Waals surface area contributed by atoms with Gasteiger partial charge in [0, 0.05) is 19.8 Å². The third kappa shape index (κ3) is 2.92. The summed E-state index contributed by atoms with van der Waals surface area (Å²) in [6.45, 7) is 2.80. The molecule has 0 aliphatic rings. The zero-order valence-corrected chi connectivity index (χ0v) is 13.2. The second kappa shape index (κ2) is 5.65. The van der Waals surface area contributed by atoms with Crippen LogP contribution in [0.3, 0.4) is 0 Å². The Kier molecular flexibility index (Phi) is 4.14. The van der Waals surface area contributed by atoms with Gasteiger partial charge in [0.1, 0.15) is 5.75 Å². The van der Waals surface area contributed by atoms with Crippen molar-refractivity contribution in [3.05, 3.63) is 40.1 Å². The van der Waals surface area contributed by atoms with Gasteiger partial charge in [0.2, 0.25) is 0 Å². The number of rotatable bonds is 4. The average Bonchev–Trinajstić information content (AvgIpc) is 2.65. The van der Waals surface area contributed by atoms with Crippen LogP contribution in [0.4, 0.5) is 5.69 Å². The Morgan fingerprint density at radius 2 is 1.95 bits per heavy atom. The molecule has 4 nitrogen and oxygen atoms in total. The maximum absolute atomic E-state index is 5.17. The van der Waals surface area contributed by atoms with Crippen LogP contribution >= 0.6 is 15.9 Å². The Hall–Kier alpha value is -1.49. The number of methoxy groups -OCH3 is 1. The van der Waals surface area contributed by atoms with Crippen molar-refractivity contribution in [2.75, 3.05) is 19.1 Å². The molecule has 1 aromatic carbocycles. The summed E-state index contributed by atoms with van der Waals surface area (Å²) in [5.74, 6) is 0.870. The highest BCUT2D eigenvalue weighted by Gasteiger charge is 2.13. The van der Waals surface area contributed by atoms with Crippen molar-refractivity contribution < 1.29 is 4.74 Å². The Bertz CT molecular complexity index is 563. The molecule has 0 aliphatic heterocycles. The molecular formula is C14H18BrN3O.